The van der Waals surface area contributed by atoms with E-state index in [1.165, 1.54) is 0 Å². The van der Waals surface area contributed by atoms with Gasteiger partial charge in [-0.05, 0) is 25.2 Å². The molecule has 4 nitrogen and oxygen atoms in total. The predicted octanol–water partition coefficient (Wildman–Crippen LogP) is 1.42. The van der Waals surface area contributed by atoms with E-state index in [0.29, 0.717) is 18.9 Å². The Morgan fingerprint density at radius 3 is 3.00 bits per heavy atom. The van der Waals surface area contributed by atoms with Crippen LogP contribution < -0.4 is 0 Å². The van der Waals surface area contributed by atoms with Gasteiger partial charge in [0.2, 0.25) is 5.91 Å². The summed E-state index contributed by atoms with van der Waals surface area (Å²) in [5, 5.41) is 8.87. The number of hydrogen-bond acceptors (Lipinski definition) is 3. The summed E-state index contributed by atoms with van der Waals surface area (Å²) >= 11 is 0. The van der Waals surface area contributed by atoms with Gasteiger partial charge in [0, 0.05) is 20.2 Å². The van der Waals surface area contributed by atoms with Gasteiger partial charge in [-0.2, -0.15) is 5.26 Å². The second-order valence-corrected chi connectivity index (χ2v) is 4.34. The molecule has 0 spiro atoms. The van der Waals surface area contributed by atoms with E-state index in [2.05, 4.69) is 6.07 Å². The molecule has 1 aliphatic heterocycles. The normalized spacial score (nSPS) is 22.6. The number of nitriles is 1. The lowest BCUT2D eigenvalue weighted by Gasteiger charge is -2.33. The van der Waals surface area contributed by atoms with Crippen molar-refractivity contribution in [3.63, 3.8) is 0 Å². The molecule has 0 bridgehead atoms. The second-order valence-electron chi connectivity index (χ2n) is 4.34. The van der Waals surface area contributed by atoms with Crippen molar-refractivity contribution < 1.29 is 9.53 Å². The average molecular weight is 224 g/mol. The van der Waals surface area contributed by atoms with Crippen molar-refractivity contribution in [1.82, 2.24) is 4.90 Å². The summed E-state index contributed by atoms with van der Waals surface area (Å²) in [6.45, 7) is 4.11. The fourth-order valence-electron chi connectivity index (χ4n) is 2.18. The number of hydrogen-bond donors (Lipinski definition) is 0. The summed E-state index contributed by atoms with van der Waals surface area (Å²) in [5.74, 6) is -0.0500. The maximum Gasteiger partial charge on any atom is 0.239 e. The van der Waals surface area contributed by atoms with Crippen molar-refractivity contribution in [2.75, 3.05) is 26.8 Å². The highest BCUT2D eigenvalue weighted by Crippen LogP contribution is 2.19. The van der Waals surface area contributed by atoms with E-state index in [9.17, 15) is 4.79 Å². The highest BCUT2D eigenvalue weighted by Gasteiger charge is 2.27. The Bertz CT molecular complexity index is 271. The van der Waals surface area contributed by atoms with E-state index in [1.54, 1.807) is 7.11 Å². The lowest BCUT2D eigenvalue weighted by Crippen LogP contribution is -2.43. The molecule has 0 aromatic rings. The minimum Gasteiger partial charge on any atom is -0.384 e. The van der Waals surface area contributed by atoms with Gasteiger partial charge in [-0.3, -0.25) is 4.79 Å². The standard InChI is InChI=1S/C12H20N2O2/c1-3-11(7-13)12(15)14-6-4-5-10(8-14)9-16-2/h10-11H,3-6,8-9H2,1-2H3. The monoisotopic (exact) mass is 224 g/mol. The first-order chi connectivity index (χ1) is 7.72. The quantitative estimate of drug-likeness (QED) is 0.725. The third-order valence-corrected chi connectivity index (χ3v) is 3.10. The van der Waals surface area contributed by atoms with E-state index in [0.717, 1.165) is 25.9 Å². The zero-order valence-corrected chi connectivity index (χ0v) is 10.1. The lowest BCUT2D eigenvalue weighted by atomic mass is 9.97. The summed E-state index contributed by atoms with van der Waals surface area (Å²) in [6, 6.07) is 2.07. The molecule has 2 atom stereocenters. The van der Waals surface area contributed by atoms with Crippen molar-refractivity contribution in [2.24, 2.45) is 11.8 Å². The van der Waals surface area contributed by atoms with Crippen molar-refractivity contribution in [2.45, 2.75) is 26.2 Å². The zero-order valence-electron chi connectivity index (χ0n) is 10.1. The van der Waals surface area contributed by atoms with Gasteiger partial charge >= 0.3 is 0 Å². The molecule has 4 heteroatoms. The largest absolute Gasteiger partial charge is 0.384 e. The van der Waals surface area contributed by atoms with Crippen LogP contribution in [0.25, 0.3) is 0 Å². The van der Waals surface area contributed by atoms with Crippen LogP contribution >= 0.6 is 0 Å². The molecule has 2 unspecified atom stereocenters. The molecule has 1 aliphatic rings. The Morgan fingerprint density at radius 1 is 1.69 bits per heavy atom. The highest BCUT2D eigenvalue weighted by molar-refractivity contribution is 5.81. The van der Waals surface area contributed by atoms with E-state index < -0.39 is 5.92 Å². The third-order valence-electron chi connectivity index (χ3n) is 3.10. The molecule has 1 heterocycles. The predicted molar refractivity (Wildman–Crippen MR) is 60.6 cm³/mol. The molecular formula is C12H20N2O2. The van der Waals surface area contributed by atoms with Crippen LogP contribution in [0.3, 0.4) is 0 Å². The summed E-state index contributed by atoms with van der Waals surface area (Å²) in [5.41, 5.74) is 0. The van der Waals surface area contributed by atoms with Crippen LogP contribution in [-0.4, -0.2) is 37.6 Å². The van der Waals surface area contributed by atoms with Crippen LogP contribution in [0.15, 0.2) is 0 Å². The second kappa shape index (κ2) is 6.49. The Hall–Kier alpha value is -1.08. The summed E-state index contributed by atoms with van der Waals surface area (Å²) in [4.78, 5) is 13.8. The van der Waals surface area contributed by atoms with Gasteiger partial charge in [0.15, 0.2) is 0 Å². The molecule has 1 amide bonds. The number of amides is 1. The first-order valence-electron chi connectivity index (χ1n) is 5.90. The van der Waals surface area contributed by atoms with Crippen molar-refractivity contribution in [1.29, 1.82) is 5.26 Å². The number of carbonyl (C=O) groups excluding carboxylic acids is 1. The van der Waals surface area contributed by atoms with Gasteiger partial charge in [-0.15, -0.1) is 0 Å². The molecular weight excluding hydrogens is 204 g/mol. The molecule has 0 radical (unpaired) electrons. The average Bonchev–Trinajstić information content (AvgIpc) is 2.31. The molecule has 90 valence electrons. The molecule has 1 saturated heterocycles. The smallest absolute Gasteiger partial charge is 0.239 e. The van der Waals surface area contributed by atoms with Crippen molar-refractivity contribution >= 4 is 5.91 Å². The summed E-state index contributed by atoms with van der Waals surface area (Å²) in [7, 11) is 1.69. The van der Waals surface area contributed by atoms with Crippen molar-refractivity contribution in [3.8, 4) is 6.07 Å². The minimum atomic E-state index is -0.471. The number of methoxy groups -OCH3 is 1. The topological polar surface area (TPSA) is 53.3 Å². The number of nitrogens with zero attached hydrogens (tertiary/aromatic N) is 2. The Labute approximate surface area is 97.2 Å². The molecule has 16 heavy (non-hydrogen) atoms. The fourth-order valence-corrected chi connectivity index (χ4v) is 2.18. The molecule has 0 saturated carbocycles. The highest BCUT2D eigenvalue weighted by atomic mass is 16.5. The molecule has 0 N–H and O–H groups in total. The number of carbonyl (C=O) groups is 1. The van der Waals surface area contributed by atoms with Gasteiger partial charge in [0.1, 0.15) is 5.92 Å². The summed E-state index contributed by atoms with van der Waals surface area (Å²) in [6.07, 6.45) is 2.73. The molecule has 0 aromatic heterocycles. The molecule has 0 aliphatic carbocycles. The van der Waals surface area contributed by atoms with E-state index >= 15 is 0 Å². The van der Waals surface area contributed by atoms with E-state index in [4.69, 9.17) is 10.00 Å². The maximum absolute atomic E-state index is 12.0. The molecule has 1 rings (SSSR count). The van der Waals surface area contributed by atoms with Crippen LogP contribution in [0.2, 0.25) is 0 Å². The van der Waals surface area contributed by atoms with Gasteiger partial charge in [-0.1, -0.05) is 6.92 Å². The minimum absolute atomic E-state index is 0.00852. The Kier molecular flexibility index (Phi) is 5.27. The lowest BCUT2D eigenvalue weighted by molar-refractivity contribution is -0.136. The van der Waals surface area contributed by atoms with Crippen LogP contribution in [0.4, 0.5) is 0 Å². The maximum atomic E-state index is 12.0. The fraction of sp³-hybridized carbons (Fsp3) is 0.833. The molecule has 0 aromatic carbocycles. The van der Waals surface area contributed by atoms with Crippen molar-refractivity contribution in [3.05, 3.63) is 0 Å². The molecule has 1 fully saturated rings. The Balaban J connectivity index is 2.53. The summed E-state index contributed by atoms with van der Waals surface area (Å²) < 4.78 is 5.12. The Morgan fingerprint density at radius 2 is 2.44 bits per heavy atom. The number of likely N-dealkylation sites (tertiary alicyclic amines) is 1. The SMILES string of the molecule is CCC(C#N)C(=O)N1CCCC(COC)C1. The number of ether oxygens (including phenoxy) is 1. The first kappa shape index (κ1) is 13.0. The zero-order chi connectivity index (χ0) is 12.0. The van der Waals surface area contributed by atoms with E-state index in [-0.39, 0.29) is 5.91 Å². The van der Waals surface area contributed by atoms with Gasteiger partial charge in [-0.25, -0.2) is 0 Å². The van der Waals surface area contributed by atoms with Gasteiger partial charge in [0.05, 0.1) is 12.7 Å². The number of piperidine rings is 1. The van der Waals surface area contributed by atoms with Crippen LogP contribution in [0.5, 0.6) is 0 Å². The third kappa shape index (κ3) is 3.21. The first-order valence-corrected chi connectivity index (χ1v) is 5.90. The van der Waals surface area contributed by atoms with Gasteiger partial charge in [0.25, 0.3) is 0 Å². The van der Waals surface area contributed by atoms with Crippen LogP contribution in [0.1, 0.15) is 26.2 Å². The van der Waals surface area contributed by atoms with Crippen LogP contribution in [-0.2, 0) is 9.53 Å². The van der Waals surface area contributed by atoms with E-state index in [1.807, 2.05) is 11.8 Å². The van der Waals surface area contributed by atoms with Gasteiger partial charge < -0.3 is 9.64 Å². The van der Waals surface area contributed by atoms with Crippen LogP contribution in [0, 0.1) is 23.2 Å². The number of rotatable bonds is 4.